The van der Waals surface area contributed by atoms with Gasteiger partial charge in [-0.3, -0.25) is 0 Å². The van der Waals surface area contributed by atoms with E-state index in [4.69, 9.17) is 0 Å². The maximum atomic E-state index is 11.3. The molecule has 62 valence electrons. The highest BCUT2D eigenvalue weighted by molar-refractivity contribution is 7.58. The lowest BCUT2D eigenvalue weighted by Gasteiger charge is -2.17. The van der Waals surface area contributed by atoms with Crippen LogP contribution in [0.25, 0.3) is 0 Å². The molecule has 10 heavy (non-hydrogen) atoms. The molecule has 0 amide bonds. The lowest BCUT2D eigenvalue weighted by atomic mass is 11.5. The second-order valence-corrected chi connectivity index (χ2v) is 3.63. The van der Waals surface area contributed by atoms with E-state index >= 15 is 0 Å². The fraction of sp³-hybridized carbons (Fsp3) is 1.00. The Morgan fingerprint density at radius 2 is 1.00 bits per heavy atom. The van der Waals surface area contributed by atoms with Gasteiger partial charge in [0, 0.05) is 0 Å². The Bertz CT molecular complexity index is 97.1. The molecule has 0 saturated heterocycles. The predicted octanol–water partition coefficient (Wildman–Crippen LogP) is 3.14. The smallest absolute Gasteiger partial charge is 0.167 e. The van der Waals surface area contributed by atoms with Crippen LogP contribution in [-0.2, 0) is 0 Å². The normalized spacial score (nSPS) is 14.4. The van der Waals surface area contributed by atoms with Crippen molar-refractivity contribution in [2.45, 2.75) is 11.8 Å². The summed E-state index contributed by atoms with van der Waals surface area (Å²) in [5, 5.41) is 0. The number of halogens is 6. The van der Waals surface area contributed by atoms with Crippen LogP contribution in [0, 0.1) is 0 Å². The molecule has 0 heterocycles. The number of hydrogen-bond acceptors (Lipinski definition) is 0. The van der Waals surface area contributed by atoms with E-state index in [0.29, 0.717) is 0 Å². The van der Waals surface area contributed by atoms with Crippen LogP contribution >= 0.6 is 7.92 Å². The van der Waals surface area contributed by atoms with Crippen molar-refractivity contribution in [2.75, 3.05) is 6.66 Å². The van der Waals surface area contributed by atoms with Crippen LogP contribution in [0.4, 0.5) is 26.3 Å². The molecule has 0 N–H and O–H groups in total. The number of alkyl halides is 6. The van der Waals surface area contributed by atoms with E-state index in [1.807, 2.05) is 0 Å². The summed E-state index contributed by atoms with van der Waals surface area (Å²) in [6, 6.07) is 0. The third kappa shape index (κ3) is 2.73. The highest BCUT2D eigenvalue weighted by Crippen LogP contribution is 2.61. The van der Waals surface area contributed by atoms with E-state index in [9.17, 15) is 26.3 Å². The van der Waals surface area contributed by atoms with E-state index < -0.39 is 19.8 Å². The molecule has 0 rings (SSSR count). The zero-order chi connectivity index (χ0) is 8.58. The second kappa shape index (κ2) is 2.57. The summed E-state index contributed by atoms with van der Waals surface area (Å²) in [6.45, 7) is 0.148. The van der Waals surface area contributed by atoms with Crippen molar-refractivity contribution < 1.29 is 26.3 Å². The van der Waals surface area contributed by atoms with E-state index in [1.165, 1.54) is 0 Å². The molecule has 0 radical (unpaired) electrons. The summed E-state index contributed by atoms with van der Waals surface area (Å²) in [5.74, 6) is -10.2. The molecule has 0 spiro atoms. The predicted molar refractivity (Wildman–Crippen MR) is 25.0 cm³/mol. The Hall–Kier alpha value is 0.01000. The van der Waals surface area contributed by atoms with Crippen molar-refractivity contribution in [3.63, 3.8) is 0 Å². The highest BCUT2D eigenvalue weighted by atomic mass is 31.1. The van der Waals surface area contributed by atoms with Crippen LogP contribution in [0.15, 0.2) is 0 Å². The van der Waals surface area contributed by atoms with Crippen molar-refractivity contribution in [3.05, 3.63) is 0 Å². The average molecular weight is 184 g/mol. The van der Waals surface area contributed by atoms with Gasteiger partial charge in [0.25, 0.3) is 0 Å². The minimum absolute atomic E-state index is 0.148. The Labute approximate surface area is 54.0 Å². The van der Waals surface area contributed by atoms with Crippen LogP contribution in [0.3, 0.4) is 0 Å². The van der Waals surface area contributed by atoms with E-state index in [0.717, 1.165) is 0 Å². The van der Waals surface area contributed by atoms with Gasteiger partial charge in [-0.2, -0.15) is 26.3 Å². The molecule has 0 aliphatic heterocycles. The molecule has 0 aliphatic carbocycles. The minimum Gasteiger partial charge on any atom is -0.167 e. The monoisotopic (exact) mass is 184 g/mol. The lowest BCUT2D eigenvalue weighted by Crippen LogP contribution is -2.16. The van der Waals surface area contributed by atoms with Gasteiger partial charge < -0.3 is 0 Å². The van der Waals surface area contributed by atoms with Crippen LogP contribution in [0.1, 0.15) is 0 Å². The topological polar surface area (TPSA) is 0 Å². The van der Waals surface area contributed by atoms with Crippen molar-refractivity contribution in [1.29, 1.82) is 0 Å². The zero-order valence-electron chi connectivity index (χ0n) is 4.72. The molecule has 0 nitrogen and oxygen atoms in total. The largest absolute Gasteiger partial charge is 0.413 e. The first-order valence-corrected chi connectivity index (χ1v) is 3.82. The SMILES string of the molecule is CP(C(F)(F)F)C(F)(F)F. The molecule has 7 heteroatoms. The second-order valence-electron chi connectivity index (χ2n) is 1.49. The van der Waals surface area contributed by atoms with Crippen LogP contribution in [0.2, 0.25) is 0 Å². The first-order chi connectivity index (χ1) is 4.15. The summed E-state index contributed by atoms with van der Waals surface area (Å²) >= 11 is 0. The summed E-state index contributed by atoms with van der Waals surface area (Å²) in [4.78, 5) is 0. The minimum atomic E-state index is -5.12. The fourth-order valence-corrected chi connectivity index (χ4v) is 0.431. The van der Waals surface area contributed by atoms with Gasteiger partial charge in [-0.05, 0) is 6.66 Å². The summed E-state index contributed by atoms with van der Waals surface area (Å²) in [7, 11) is -3.86. The summed E-state index contributed by atoms with van der Waals surface area (Å²) in [6.07, 6.45) is 0. The van der Waals surface area contributed by atoms with Crippen molar-refractivity contribution in [1.82, 2.24) is 0 Å². The summed E-state index contributed by atoms with van der Waals surface area (Å²) < 4.78 is 67.5. The maximum absolute atomic E-state index is 11.3. The van der Waals surface area contributed by atoms with Crippen LogP contribution < -0.4 is 0 Å². The maximum Gasteiger partial charge on any atom is 0.413 e. The molecule has 0 aromatic carbocycles. The van der Waals surface area contributed by atoms with Crippen molar-refractivity contribution in [2.24, 2.45) is 0 Å². The quantitative estimate of drug-likeness (QED) is 0.400. The van der Waals surface area contributed by atoms with Gasteiger partial charge >= 0.3 is 11.8 Å². The Morgan fingerprint density at radius 3 is 1.00 bits per heavy atom. The molecule has 0 bridgehead atoms. The van der Waals surface area contributed by atoms with E-state index in [2.05, 4.69) is 0 Å². The Balaban J connectivity index is 4.23. The Kier molecular flexibility index (Phi) is 2.57. The first kappa shape index (κ1) is 10.0. The van der Waals surface area contributed by atoms with Gasteiger partial charge in [0.05, 0.1) is 0 Å². The summed E-state index contributed by atoms with van der Waals surface area (Å²) in [5.41, 5.74) is 0. The molecule has 0 aromatic heterocycles. The van der Waals surface area contributed by atoms with E-state index in [1.54, 1.807) is 0 Å². The van der Waals surface area contributed by atoms with Crippen LogP contribution in [0.5, 0.6) is 0 Å². The molecular formula is C3H3F6P. The number of hydrogen-bond donors (Lipinski definition) is 0. The lowest BCUT2D eigenvalue weighted by molar-refractivity contribution is -0.0823. The zero-order valence-corrected chi connectivity index (χ0v) is 5.61. The third-order valence-electron chi connectivity index (χ3n) is 0.761. The molecule has 0 aromatic rings. The molecular weight excluding hydrogens is 181 g/mol. The van der Waals surface area contributed by atoms with Gasteiger partial charge in [-0.15, -0.1) is 0 Å². The fourth-order valence-electron chi connectivity index (χ4n) is 0.144. The number of rotatable bonds is 0. The van der Waals surface area contributed by atoms with Crippen LogP contribution in [-0.4, -0.2) is 18.5 Å². The van der Waals surface area contributed by atoms with Gasteiger partial charge in [-0.1, -0.05) is 0 Å². The van der Waals surface area contributed by atoms with E-state index in [-0.39, 0.29) is 6.66 Å². The van der Waals surface area contributed by atoms with Crippen molar-refractivity contribution >= 4 is 7.92 Å². The third-order valence-corrected chi connectivity index (χ3v) is 2.28. The van der Waals surface area contributed by atoms with Gasteiger partial charge in [0.2, 0.25) is 0 Å². The van der Waals surface area contributed by atoms with Gasteiger partial charge in [0.15, 0.2) is 0 Å². The molecule has 0 atom stereocenters. The first-order valence-electron chi connectivity index (χ1n) is 2.03. The van der Waals surface area contributed by atoms with Gasteiger partial charge in [-0.25, -0.2) is 0 Å². The van der Waals surface area contributed by atoms with Gasteiger partial charge in [0.1, 0.15) is 7.92 Å². The molecule has 0 saturated carbocycles. The standard InChI is InChI=1S/C3H3F6P/c1-10(2(4,5)6)3(7,8)9/h1H3. The molecule has 0 fully saturated rings. The molecule has 0 unspecified atom stereocenters. The average Bonchev–Trinajstić information content (AvgIpc) is 1.59. The molecule has 0 aliphatic rings. The van der Waals surface area contributed by atoms with Crippen molar-refractivity contribution in [3.8, 4) is 0 Å². The highest BCUT2D eigenvalue weighted by Gasteiger charge is 2.53. The Morgan fingerprint density at radius 1 is 0.800 bits per heavy atom.